The van der Waals surface area contributed by atoms with Crippen molar-refractivity contribution in [2.45, 2.75) is 20.3 Å². The molecule has 0 fully saturated rings. The first kappa shape index (κ1) is 22.2. The zero-order chi connectivity index (χ0) is 21.9. The van der Waals surface area contributed by atoms with E-state index >= 15 is 0 Å². The van der Waals surface area contributed by atoms with Crippen LogP contribution in [0.15, 0.2) is 78.9 Å². The number of carbonyl (C=O) groups is 1. The van der Waals surface area contributed by atoms with Crippen LogP contribution in [0.5, 0.6) is 11.5 Å². The molecule has 0 atom stereocenters. The summed E-state index contributed by atoms with van der Waals surface area (Å²) in [4.78, 5) is 12.3. The molecule has 162 valence electrons. The molecule has 0 saturated heterocycles. The summed E-state index contributed by atoms with van der Waals surface area (Å²) >= 11 is 0. The Morgan fingerprint density at radius 3 is 2.35 bits per heavy atom. The van der Waals surface area contributed by atoms with Crippen molar-refractivity contribution in [3.05, 3.63) is 84.4 Å². The molecule has 0 bridgehead atoms. The fraction of sp³-hybridized carbons (Fsp3) is 0.269. The molecule has 0 aliphatic rings. The zero-order valence-corrected chi connectivity index (χ0v) is 18.1. The van der Waals surface area contributed by atoms with Crippen LogP contribution >= 0.6 is 0 Å². The second-order valence-electron chi connectivity index (χ2n) is 7.74. The highest BCUT2D eigenvalue weighted by Crippen LogP contribution is 2.19. The largest absolute Gasteiger partial charge is 0.493 e. The summed E-state index contributed by atoms with van der Waals surface area (Å²) in [6.45, 7) is 5.64. The summed E-state index contributed by atoms with van der Waals surface area (Å²) in [5, 5.41) is 6.02. The van der Waals surface area contributed by atoms with Gasteiger partial charge in [0.05, 0.1) is 19.8 Å². The van der Waals surface area contributed by atoms with Gasteiger partial charge in [-0.1, -0.05) is 50.2 Å². The Bertz CT molecular complexity index is 940. The van der Waals surface area contributed by atoms with Crippen LogP contribution in [0.4, 0.5) is 11.4 Å². The lowest BCUT2D eigenvalue weighted by molar-refractivity contribution is -0.114. The zero-order valence-electron chi connectivity index (χ0n) is 18.1. The van der Waals surface area contributed by atoms with Crippen LogP contribution in [-0.2, 0) is 11.2 Å². The summed E-state index contributed by atoms with van der Waals surface area (Å²) in [5.41, 5.74) is 2.83. The Morgan fingerprint density at radius 2 is 1.61 bits per heavy atom. The number of hydrogen-bond donors (Lipinski definition) is 2. The normalized spacial score (nSPS) is 10.5. The fourth-order valence-electron chi connectivity index (χ4n) is 2.91. The molecule has 3 aromatic rings. The summed E-state index contributed by atoms with van der Waals surface area (Å²) in [5.74, 6) is 1.89. The highest BCUT2D eigenvalue weighted by atomic mass is 16.5. The molecule has 0 spiro atoms. The molecule has 31 heavy (non-hydrogen) atoms. The molecule has 0 unspecified atom stereocenters. The summed E-state index contributed by atoms with van der Waals surface area (Å²) < 4.78 is 11.5. The van der Waals surface area contributed by atoms with Gasteiger partial charge in [-0.3, -0.25) is 4.79 Å². The number of nitrogens with one attached hydrogen (secondary N) is 2. The van der Waals surface area contributed by atoms with Gasteiger partial charge in [0.15, 0.2) is 0 Å². The molecular weight excluding hydrogens is 388 g/mol. The molecule has 5 nitrogen and oxygen atoms in total. The SMILES string of the molecule is CC(C)COc1cccc(NC(=O)CNc2ccc(OCCc3ccccc3)cc2)c1. The Kier molecular flexibility index (Phi) is 8.35. The molecule has 0 aliphatic carbocycles. The van der Waals surface area contributed by atoms with Crippen molar-refractivity contribution in [1.82, 2.24) is 0 Å². The monoisotopic (exact) mass is 418 g/mol. The number of hydrogen-bond acceptors (Lipinski definition) is 4. The van der Waals surface area contributed by atoms with Gasteiger partial charge in [0.1, 0.15) is 11.5 Å². The third-order valence-electron chi connectivity index (χ3n) is 4.51. The predicted molar refractivity (Wildman–Crippen MR) is 126 cm³/mol. The fourth-order valence-corrected chi connectivity index (χ4v) is 2.91. The van der Waals surface area contributed by atoms with E-state index in [0.717, 1.165) is 29.3 Å². The van der Waals surface area contributed by atoms with Gasteiger partial charge in [-0.15, -0.1) is 0 Å². The number of anilines is 2. The standard InChI is InChI=1S/C26H30N2O3/c1-20(2)19-31-25-10-6-9-23(17-25)28-26(29)18-27-22-11-13-24(14-12-22)30-16-15-21-7-4-3-5-8-21/h3-14,17,20,27H,15-16,18-19H2,1-2H3,(H,28,29). The lowest BCUT2D eigenvalue weighted by Crippen LogP contribution is -2.21. The number of benzene rings is 3. The lowest BCUT2D eigenvalue weighted by atomic mass is 10.2. The van der Waals surface area contributed by atoms with Crippen LogP contribution in [0.25, 0.3) is 0 Å². The quantitative estimate of drug-likeness (QED) is 0.438. The van der Waals surface area contributed by atoms with Crippen molar-refractivity contribution in [1.29, 1.82) is 0 Å². The van der Waals surface area contributed by atoms with E-state index in [0.29, 0.717) is 19.1 Å². The number of amides is 1. The number of ether oxygens (including phenoxy) is 2. The van der Waals surface area contributed by atoms with Gasteiger partial charge in [0.25, 0.3) is 0 Å². The first-order valence-electron chi connectivity index (χ1n) is 10.6. The Labute approximate surface area is 184 Å². The second kappa shape index (κ2) is 11.6. The van der Waals surface area contributed by atoms with Crippen LogP contribution in [0, 0.1) is 5.92 Å². The molecule has 0 heterocycles. The smallest absolute Gasteiger partial charge is 0.243 e. The number of rotatable bonds is 11. The molecule has 0 saturated carbocycles. The van der Waals surface area contributed by atoms with E-state index in [9.17, 15) is 4.79 Å². The molecule has 1 amide bonds. The van der Waals surface area contributed by atoms with Crippen molar-refractivity contribution in [3.8, 4) is 11.5 Å². The van der Waals surface area contributed by atoms with Gasteiger partial charge in [0, 0.05) is 23.9 Å². The minimum atomic E-state index is -0.121. The van der Waals surface area contributed by atoms with E-state index in [-0.39, 0.29) is 12.5 Å². The van der Waals surface area contributed by atoms with Crippen LogP contribution in [-0.4, -0.2) is 25.7 Å². The van der Waals surface area contributed by atoms with Gasteiger partial charge in [-0.2, -0.15) is 0 Å². The van der Waals surface area contributed by atoms with E-state index in [1.165, 1.54) is 5.56 Å². The Balaban J connectivity index is 1.40. The van der Waals surface area contributed by atoms with Crippen molar-refractivity contribution < 1.29 is 14.3 Å². The van der Waals surface area contributed by atoms with Gasteiger partial charge in [0.2, 0.25) is 5.91 Å². The van der Waals surface area contributed by atoms with Crippen molar-refractivity contribution in [2.75, 3.05) is 30.4 Å². The van der Waals surface area contributed by atoms with Crippen molar-refractivity contribution in [3.63, 3.8) is 0 Å². The molecule has 5 heteroatoms. The maximum atomic E-state index is 12.3. The molecular formula is C26H30N2O3. The van der Waals surface area contributed by atoms with Crippen molar-refractivity contribution >= 4 is 17.3 Å². The minimum absolute atomic E-state index is 0.121. The Hall–Kier alpha value is -3.47. The lowest BCUT2D eigenvalue weighted by Gasteiger charge is -2.12. The average molecular weight is 419 g/mol. The molecule has 0 radical (unpaired) electrons. The molecule has 0 aliphatic heterocycles. The van der Waals surface area contributed by atoms with Crippen LogP contribution < -0.4 is 20.1 Å². The molecule has 0 aromatic heterocycles. The molecule has 3 rings (SSSR count). The van der Waals surface area contributed by atoms with Crippen LogP contribution in [0.2, 0.25) is 0 Å². The average Bonchev–Trinajstić information content (AvgIpc) is 2.78. The third kappa shape index (κ3) is 8.05. The van der Waals surface area contributed by atoms with E-state index in [2.05, 4.69) is 36.6 Å². The molecule has 2 N–H and O–H groups in total. The van der Waals surface area contributed by atoms with E-state index < -0.39 is 0 Å². The van der Waals surface area contributed by atoms with Gasteiger partial charge in [-0.25, -0.2) is 0 Å². The predicted octanol–water partition coefficient (Wildman–Crippen LogP) is 5.39. The maximum Gasteiger partial charge on any atom is 0.243 e. The first-order valence-corrected chi connectivity index (χ1v) is 10.6. The summed E-state index contributed by atoms with van der Waals surface area (Å²) in [6, 6.07) is 25.3. The Morgan fingerprint density at radius 1 is 0.839 bits per heavy atom. The highest BCUT2D eigenvalue weighted by Gasteiger charge is 2.05. The minimum Gasteiger partial charge on any atom is -0.493 e. The number of carbonyl (C=O) groups excluding carboxylic acids is 1. The van der Waals surface area contributed by atoms with Gasteiger partial charge in [-0.05, 0) is 47.9 Å². The second-order valence-corrected chi connectivity index (χ2v) is 7.74. The summed E-state index contributed by atoms with van der Waals surface area (Å²) in [7, 11) is 0. The molecule has 3 aromatic carbocycles. The van der Waals surface area contributed by atoms with E-state index in [1.54, 1.807) is 0 Å². The van der Waals surface area contributed by atoms with Gasteiger partial charge >= 0.3 is 0 Å². The third-order valence-corrected chi connectivity index (χ3v) is 4.51. The van der Waals surface area contributed by atoms with Crippen LogP contribution in [0.3, 0.4) is 0 Å². The van der Waals surface area contributed by atoms with E-state index in [4.69, 9.17) is 9.47 Å². The highest BCUT2D eigenvalue weighted by molar-refractivity contribution is 5.93. The topological polar surface area (TPSA) is 59.6 Å². The first-order chi connectivity index (χ1) is 15.1. The van der Waals surface area contributed by atoms with Crippen molar-refractivity contribution in [2.24, 2.45) is 5.92 Å². The van der Waals surface area contributed by atoms with E-state index in [1.807, 2.05) is 66.7 Å². The van der Waals surface area contributed by atoms with Crippen LogP contribution in [0.1, 0.15) is 19.4 Å². The summed E-state index contributed by atoms with van der Waals surface area (Å²) in [6.07, 6.45) is 0.866. The maximum absolute atomic E-state index is 12.3. The van der Waals surface area contributed by atoms with Gasteiger partial charge < -0.3 is 20.1 Å².